The molecule has 1 heterocycles. The Morgan fingerprint density at radius 1 is 1.00 bits per heavy atom. The lowest BCUT2D eigenvalue weighted by atomic mass is 9.95. The first kappa shape index (κ1) is 18.8. The van der Waals surface area contributed by atoms with Gasteiger partial charge in [0, 0.05) is 36.8 Å². The molecule has 0 atom stereocenters. The van der Waals surface area contributed by atoms with Crippen molar-refractivity contribution < 1.29 is 18.4 Å². The van der Waals surface area contributed by atoms with Gasteiger partial charge < -0.3 is 10.2 Å². The highest BCUT2D eigenvalue weighted by Crippen LogP contribution is 2.21. The van der Waals surface area contributed by atoms with Crippen LogP contribution >= 0.6 is 0 Å². The molecular weight excluding hydrogens is 350 g/mol. The minimum absolute atomic E-state index is 0.0849. The van der Waals surface area contributed by atoms with Crippen molar-refractivity contribution in [3.05, 3.63) is 71.8 Å². The molecule has 0 aliphatic carbocycles. The molecule has 0 spiro atoms. The Hall–Kier alpha value is -3.02. The van der Waals surface area contributed by atoms with Crippen molar-refractivity contribution in [2.24, 2.45) is 5.92 Å². The third kappa shape index (κ3) is 5.00. The van der Waals surface area contributed by atoms with Crippen molar-refractivity contribution in [1.29, 1.82) is 0 Å². The average molecular weight is 370 g/mol. The summed E-state index contributed by atoms with van der Waals surface area (Å²) >= 11 is 0. The van der Waals surface area contributed by atoms with E-state index < -0.39 is 11.6 Å². The molecular formula is C21H20F2N2O2. The van der Waals surface area contributed by atoms with Crippen molar-refractivity contribution in [3.63, 3.8) is 0 Å². The zero-order valence-corrected chi connectivity index (χ0v) is 14.7. The third-order valence-electron chi connectivity index (χ3n) is 4.58. The molecule has 3 rings (SSSR count). The van der Waals surface area contributed by atoms with Crippen molar-refractivity contribution in [2.75, 3.05) is 18.4 Å². The highest BCUT2D eigenvalue weighted by atomic mass is 19.2. The minimum Gasteiger partial charge on any atom is -0.339 e. The summed E-state index contributed by atoms with van der Waals surface area (Å²) < 4.78 is 26.2. The van der Waals surface area contributed by atoms with Gasteiger partial charge in [0.1, 0.15) is 0 Å². The van der Waals surface area contributed by atoms with Gasteiger partial charge in [-0.3, -0.25) is 9.59 Å². The summed E-state index contributed by atoms with van der Waals surface area (Å²) in [6.07, 6.45) is 4.36. The molecule has 0 unspecified atom stereocenters. The van der Waals surface area contributed by atoms with Crippen LogP contribution in [-0.2, 0) is 9.59 Å². The quantitative estimate of drug-likeness (QED) is 0.831. The maximum atomic E-state index is 13.2. The number of carbonyl (C=O) groups is 2. The number of rotatable bonds is 4. The number of nitrogens with zero attached hydrogens (tertiary/aromatic N) is 1. The Morgan fingerprint density at radius 3 is 2.37 bits per heavy atom. The molecule has 0 aromatic heterocycles. The van der Waals surface area contributed by atoms with Crippen molar-refractivity contribution in [1.82, 2.24) is 4.90 Å². The molecule has 0 bridgehead atoms. The van der Waals surface area contributed by atoms with Crippen LogP contribution in [0, 0.1) is 17.6 Å². The third-order valence-corrected chi connectivity index (χ3v) is 4.58. The summed E-state index contributed by atoms with van der Waals surface area (Å²) in [6, 6.07) is 12.8. The summed E-state index contributed by atoms with van der Waals surface area (Å²) in [5.41, 5.74) is 1.18. The van der Waals surface area contributed by atoms with Gasteiger partial charge in [0.2, 0.25) is 11.8 Å². The first-order valence-corrected chi connectivity index (χ1v) is 8.81. The lowest BCUT2D eigenvalue weighted by molar-refractivity contribution is -0.130. The lowest BCUT2D eigenvalue weighted by Gasteiger charge is -2.30. The Balaban J connectivity index is 1.50. The molecule has 0 saturated carbocycles. The smallest absolute Gasteiger partial charge is 0.246 e. The molecule has 6 heteroatoms. The molecule has 1 aliphatic rings. The predicted molar refractivity (Wildman–Crippen MR) is 99.8 cm³/mol. The number of benzene rings is 2. The summed E-state index contributed by atoms with van der Waals surface area (Å²) in [7, 11) is 0. The van der Waals surface area contributed by atoms with Crippen LogP contribution < -0.4 is 5.32 Å². The molecule has 0 radical (unpaired) electrons. The van der Waals surface area contributed by atoms with E-state index in [1.165, 1.54) is 12.1 Å². The predicted octanol–water partition coefficient (Wildman–Crippen LogP) is 3.86. The van der Waals surface area contributed by atoms with E-state index in [0.29, 0.717) is 25.9 Å². The SMILES string of the molecule is O=C(Nc1ccc(F)c(F)c1)C1CCN(C(=O)/C=C/c2ccccc2)CC1. The molecule has 1 saturated heterocycles. The van der Waals surface area contributed by atoms with Crippen LogP contribution in [0.5, 0.6) is 0 Å². The van der Waals surface area contributed by atoms with Crippen molar-refractivity contribution in [3.8, 4) is 0 Å². The van der Waals surface area contributed by atoms with Gasteiger partial charge >= 0.3 is 0 Å². The van der Waals surface area contributed by atoms with Crippen LogP contribution in [0.3, 0.4) is 0 Å². The summed E-state index contributed by atoms with van der Waals surface area (Å²) in [5.74, 6) is -2.55. The van der Waals surface area contributed by atoms with Gasteiger partial charge in [0.05, 0.1) is 0 Å². The fourth-order valence-corrected chi connectivity index (χ4v) is 3.02. The average Bonchev–Trinajstić information content (AvgIpc) is 2.70. The van der Waals surface area contributed by atoms with Crippen LogP contribution in [0.25, 0.3) is 6.08 Å². The number of halogens is 2. The van der Waals surface area contributed by atoms with E-state index >= 15 is 0 Å². The van der Waals surface area contributed by atoms with Crippen LogP contribution in [0.15, 0.2) is 54.6 Å². The zero-order valence-electron chi connectivity index (χ0n) is 14.7. The summed E-state index contributed by atoms with van der Waals surface area (Å²) in [4.78, 5) is 26.3. The number of hydrogen-bond donors (Lipinski definition) is 1. The Bertz CT molecular complexity index is 845. The largest absolute Gasteiger partial charge is 0.339 e. The second-order valence-electron chi connectivity index (χ2n) is 6.46. The second-order valence-corrected chi connectivity index (χ2v) is 6.46. The molecule has 4 nitrogen and oxygen atoms in total. The normalized spacial score (nSPS) is 15.1. The van der Waals surface area contributed by atoms with Crippen LogP contribution in [0.1, 0.15) is 18.4 Å². The molecule has 2 amide bonds. The van der Waals surface area contributed by atoms with Gasteiger partial charge in [-0.2, -0.15) is 0 Å². The van der Waals surface area contributed by atoms with E-state index in [1.54, 1.807) is 11.0 Å². The van der Waals surface area contributed by atoms with E-state index in [0.717, 1.165) is 17.7 Å². The summed E-state index contributed by atoms with van der Waals surface area (Å²) in [5, 5.41) is 2.61. The van der Waals surface area contributed by atoms with Gasteiger partial charge in [-0.15, -0.1) is 0 Å². The first-order chi connectivity index (χ1) is 13.0. The van der Waals surface area contributed by atoms with Crippen LogP contribution in [-0.4, -0.2) is 29.8 Å². The summed E-state index contributed by atoms with van der Waals surface area (Å²) in [6.45, 7) is 0.960. The van der Waals surface area contributed by atoms with Crippen molar-refractivity contribution in [2.45, 2.75) is 12.8 Å². The number of piperidine rings is 1. The van der Waals surface area contributed by atoms with E-state index in [4.69, 9.17) is 0 Å². The number of likely N-dealkylation sites (tertiary alicyclic amines) is 1. The van der Waals surface area contributed by atoms with Gasteiger partial charge in [-0.1, -0.05) is 30.3 Å². The highest BCUT2D eigenvalue weighted by Gasteiger charge is 2.26. The molecule has 140 valence electrons. The fraction of sp³-hybridized carbons (Fsp3) is 0.238. The van der Waals surface area contributed by atoms with Gasteiger partial charge in [0.15, 0.2) is 11.6 Å². The highest BCUT2D eigenvalue weighted by molar-refractivity contribution is 5.94. The zero-order chi connectivity index (χ0) is 19.2. The van der Waals surface area contributed by atoms with Crippen LogP contribution in [0.2, 0.25) is 0 Å². The Kier molecular flexibility index (Phi) is 5.96. The molecule has 27 heavy (non-hydrogen) atoms. The molecule has 2 aromatic rings. The molecule has 1 fully saturated rings. The van der Waals surface area contributed by atoms with Crippen LogP contribution in [0.4, 0.5) is 14.5 Å². The minimum atomic E-state index is -1.00. The maximum absolute atomic E-state index is 13.2. The lowest BCUT2D eigenvalue weighted by Crippen LogP contribution is -2.40. The van der Waals surface area contributed by atoms with Gasteiger partial charge in [-0.25, -0.2) is 8.78 Å². The Labute approximate surface area is 156 Å². The number of anilines is 1. The van der Waals surface area contributed by atoms with E-state index in [-0.39, 0.29) is 23.4 Å². The number of hydrogen-bond acceptors (Lipinski definition) is 2. The topological polar surface area (TPSA) is 49.4 Å². The van der Waals surface area contributed by atoms with Gasteiger partial charge in [0.25, 0.3) is 0 Å². The van der Waals surface area contributed by atoms with E-state index in [2.05, 4.69) is 5.32 Å². The number of nitrogens with one attached hydrogen (secondary N) is 1. The fourth-order valence-electron chi connectivity index (χ4n) is 3.02. The van der Waals surface area contributed by atoms with Crippen molar-refractivity contribution >= 4 is 23.6 Å². The second kappa shape index (κ2) is 8.58. The number of carbonyl (C=O) groups excluding carboxylic acids is 2. The molecule has 1 aliphatic heterocycles. The monoisotopic (exact) mass is 370 g/mol. The standard InChI is InChI=1S/C21H20F2N2O2/c22-18-8-7-17(14-19(18)23)24-21(27)16-10-12-25(13-11-16)20(26)9-6-15-4-2-1-3-5-15/h1-9,14,16H,10-13H2,(H,24,27)/b9-6+. The first-order valence-electron chi connectivity index (χ1n) is 8.81. The maximum Gasteiger partial charge on any atom is 0.246 e. The number of amides is 2. The van der Waals surface area contributed by atoms with E-state index in [1.807, 2.05) is 30.3 Å². The van der Waals surface area contributed by atoms with Gasteiger partial charge in [-0.05, 0) is 36.6 Å². The molecule has 1 N–H and O–H groups in total. The Morgan fingerprint density at radius 2 is 1.70 bits per heavy atom. The van der Waals surface area contributed by atoms with E-state index in [9.17, 15) is 18.4 Å². The molecule has 2 aromatic carbocycles.